The van der Waals surface area contributed by atoms with E-state index < -0.39 is 5.72 Å². The molecular weight excluding hydrogens is 310 g/mol. The Morgan fingerprint density at radius 1 is 1.04 bits per heavy atom. The Labute approximate surface area is 142 Å². The molecule has 2 unspecified atom stereocenters. The van der Waals surface area contributed by atoms with Crippen molar-refractivity contribution in [3.05, 3.63) is 47.2 Å². The van der Waals surface area contributed by atoms with Gasteiger partial charge in [-0.25, -0.2) is 0 Å². The van der Waals surface area contributed by atoms with Crippen LogP contribution in [-0.2, 0) is 19.9 Å². The number of nitrogens with two attached hydrogens (primary N) is 1. The number of rotatable bonds is 7. The molecule has 0 saturated heterocycles. The summed E-state index contributed by atoms with van der Waals surface area (Å²) in [7, 11) is 8.01. The van der Waals surface area contributed by atoms with Gasteiger partial charge in [0.2, 0.25) is 0 Å². The topological polar surface area (TPSA) is 72.2 Å². The molecule has 0 heterocycles. The lowest BCUT2D eigenvalue weighted by atomic mass is 9.88. The van der Waals surface area contributed by atoms with Gasteiger partial charge in [-0.2, -0.15) is 0 Å². The van der Waals surface area contributed by atoms with Crippen LogP contribution in [-0.4, -0.2) is 41.7 Å². The van der Waals surface area contributed by atoms with E-state index in [9.17, 15) is 0 Å². The highest BCUT2D eigenvalue weighted by Gasteiger charge is 2.38. The van der Waals surface area contributed by atoms with Gasteiger partial charge in [0.1, 0.15) is 17.3 Å². The fraction of sp³-hybridized carbons (Fsp3) is 0.444. The summed E-state index contributed by atoms with van der Waals surface area (Å²) in [5.41, 5.74) is 6.82. The molecule has 1 aromatic rings. The second kappa shape index (κ2) is 7.70. The summed E-state index contributed by atoms with van der Waals surface area (Å²) in [5, 5.41) is 0. The van der Waals surface area contributed by atoms with Crippen LogP contribution in [0.5, 0.6) is 11.5 Å². The standard InChI is InChI=1S/C18H25NO5/c1-20-12-6-8-14(16(10-12)22-3)18(19,24-5)15-9-7-13(21-2)11-17(15)23-4/h6-10,13H,11,19H2,1-5H3. The largest absolute Gasteiger partial charge is 0.501 e. The van der Waals surface area contributed by atoms with E-state index in [1.54, 1.807) is 41.6 Å². The first kappa shape index (κ1) is 18.3. The average molecular weight is 335 g/mol. The molecule has 0 saturated carbocycles. The van der Waals surface area contributed by atoms with Crippen molar-refractivity contribution >= 4 is 0 Å². The first-order valence-corrected chi connectivity index (χ1v) is 7.59. The molecule has 0 aromatic heterocycles. The van der Waals surface area contributed by atoms with Crippen LogP contribution < -0.4 is 15.2 Å². The van der Waals surface area contributed by atoms with Gasteiger partial charge in [-0.05, 0) is 12.1 Å². The van der Waals surface area contributed by atoms with E-state index in [1.807, 2.05) is 24.3 Å². The average Bonchev–Trinajstić information content (AvgIpc) is 2.66. The van der Waals surface area contributed by atoms with Crippen molar-refractivity contribution in [2.24, 2.45) is 5.73 Å². The van der Waals surface area contributed by atoms with Crippen LogP contribution in [0.1, 0.15) is 12.0 Å². The zero-order valence-electron chi connectivity index (χ0n) is 14.8. The zero-order chi connectivity index (χ0) is 17.7. The zero-order valence-corrected chi connectivity index (χ0v) is 14.8. The first-order chi connectivity index (χ1) is 11.5. The normalized spacial score (nSPS) is 19.8. The van der Waals surface area contributed by atoms with Gasteiger partial charge in [-0.15, -0.1) is 0 Å². The molecule has 0 aliphatic heterocycles. The molecule has 1 aliphatic carbocycles. The summed E-state index contributed by atoms with van der Waals surface area (Å²) in [6, 6.07) is 5.42. The molecule has 132 valence electrons. The fourth-order valence-electron chi connectivity index (χ4n) is 2.81. The van der Waals surface area contributed by atoms with Crippen LogP contribution in [0.25, 0.3) is 0 Å². The number of ether oxygens (including phenoxy) is 5. The smallest absolute Gasteiger partial charge is 0.175 e. The van der Waals surface area contributed by atoms with Gasteiger partial charge < -0.3 is 23.7 Å². The Bertz CT molecular complexity index is 640. The Morgan fingerprint density at radius 2 is 1.79 bits per heavy atom. The quantitative estimate of drug-likeness (QED) is 0.771. The first-order valence-electron chi connectivity index (χ1n) is 7.59. The fourth-order valence-corrected chi connectivity index (χ4v) is 2.81. The van der Waals surface area contributed by atoms with E-state index in [4.69, 9.17) is 29.4 Å². The predicted octanol–water partition coefficient (Wildman–Crippen LogP) is 2.34. The highest BCUT2D eigenvalue weighted by Crippen LogP contribution is 2.40. The lowest BCUT2D eigenvalue weighted by molar-refractivity contribution is 0.0175. The van der Waals surface area contributed by atoms with Gasteiger partial charge in [0, 0.05) is 37.8 Å². The Morgan fingerprint density at radius 3 is 2.33 bits per heavy atom. The maximum absolute atomic E-state index is 6.64. The van der Waals surface area contributed by atoms with Crippen LogP contribution in [0.3, 0.4) is 0 Å². The van der Waals surface area contributed by atoms with Crippen LogP contribution in [0.4, 0.5) is 0 Å². The summed E-state index contributed by atoms with van der Waals surface area (Å²) in [6.07, 6.45) is 4.35. The SMILES string of the molecule is COC1=C(C(N)(OC)c2ccc(OC)cc2OC)C=CC(OC)C1. The monoisotopic (exact) mass is 335 g/mol. The number of methoxy groups -OCH3 is 5. The van der Waals surface area contributed by atoms with Crippen LogP contribution >= 0.6 is 0 Å². The van der Waals surface area contributed by atoms with Crippen molar-refractivity contribution < 1.29 is 23.7 Å². The van der Waals surface area contributed by atoms with Crippen molar-refractivity contribution in [2.45, 2.75) is 18.2 Å². The van der Waals surface area contributed by atoms with Crippen molar-refractivity contribution in [2.75, 3.05) is 35.5 Å². The Balaban J connectivity index is 2.56. The highest BCUT2D eigenvalue weighted by atomic mass is 16.5. The second-order valence-electron chi connectivity index (χ2n) is 5.38. The van der Waals surface area contributed by atoms with Crippen molar-refractivity contribution in [3.8, 4) is 11.5 Å². The minimum absolute atomic E-state index is 0.0532. The minimum atomic E-state index is -1.22. The molecule has 6 nitrogen and oxygen atoms in total. The minimum Gasteiger partial charge on any atom is -0.501 e. The molecule has 24 heavy (non-hydrogen) atoms. The third kappa shape index (κ3) is 3.26. The molecular formula is C18H25NO5. The van der Waals surface area contributed by atoms with E-state index in [1.165, 1.54) is 0 Å². The highest BCUT2D eigenvalue weighted by molar-refractivity contribution is 5.50. The summed E-state index contributed by atoms with van der Waals surface area (Å²) < 4.78 is 27.4. The lowest BCUT2D eigenvalue weighted by Crippen LogP contribution is -2.42. The van der Waals surface area contributed by atoms with Gasteiger partial charge in [0.15, 0.2) is 5.72 Å². The number of benzene rings is 1. The van der Waals surface area contributed by atoms with Gasteiger partial charge in [0.05, 0.1) is 27.4 Å². The van der Waals surface area contributed by atoms with E-state index >= 15 is 0 Å². The molecule has 0 amide bonds. The van der Waals surface area contributed by atoms with Crippen LogP contribution in [0.15, 0.2) is 41.7 Å². The van der Waals surface area contributed by atoms with Crippen molar-refractivity contribution in [1.82, 2.24) is 0 Å². The molecule has 2 atom stereocenters. The molecule has 0 radical (unpaired) electrons. The summed E-state index contributed by atoms with van der Waals surface area (Å²) >= 11 is 0. The second-order valence-corrected chi connectivity index (χ2v) is 5.38. The molecule has 0 bridgehead atoms. The van der Waals surface area contributed by atoms with Crippen molar-refractivity contribution in [1.29, 1.82) is 0 Å². The summed E-state index contributed by atoms with van der Waals surface area (Å²) in [4.78, 5) is 0. The molecule has 1 aromatic carbocycles. The number of hydrogen-bond acceptors (Lipinski definition) is 6. The van der Waals surface area contributed by atoms with Crippen LogP contribution in [0.2, 0.25) is 0 Å². The predicted molar refractivity (Wildman–Crippen MR) is 91.0 cm³/mol. The molecule has 2 rings (SSSR count). The summed E-state index contributed by atoms with van der Waals surface area (Å²) in [6.45, 7) is 0. The molecule has 0 fully saturated rings. The Kier molecular flexibility index (Phi) is 5.88. The summed E-state index contributed by atoms with van der Waals surface area (Å²) in [5.74, 6) is 1.96. The number of hydrogen-bond donors (Lipinski definition) is 1. The van der Waals surface area contributed by atoms with Gasteiger partial charge >= 0.3 is 0 Å². The van der Waals surface area contributed by atoms with E-state index in [2.05, 4.69) is 0 Å². The third-order valence-corrected chi connectivity index (χ3v) is 4.24. The Hall–Kier alpha value is -2.02. The lowest BCUT2D eigenvalue weighted by Gasteiger charge is -2.34. The molecule has 0 spiro atoms. The van der Waals surface area contributed by atoms with E-state index in [0.717, 1.165) is 5.57 Å². The van der Waals surface area contributed by atoms with Gasteiger partial charge in [0.25, 0.3) is 0 Å². The molecule has 6 heteroatoms. The third-order valence-electron chi connectivity index (χ3n) is 4.24. The van der Waals surface area contributed by atoms with E-state index in [0.29, 0.717) is 29.2 Å². The molecule has 2 N–H and O–H groups in total. The maximum atomic E-state index is 6.64. The van der Waals surface area contributed by atoms with Gasteiger partial charge in [-0.1, -0.05) is 12.2 Å². The molecule has 1 aliphatic rings. The van der Waals surface area contributed by atoms with Crippen molar-refractivity contribution in [3.63, 3.8) is 0 Å². The maximum Gasteiger partial charge on any atom is 0.175 e. The van der Waals surface area contributed by atoms with Gasteiger partial charge in [-0.3, -0.25) is 5.73 Å². The van der Waals surface area contributed by atoms with Crippen LogP contribution in [0, 0.1) is 0 Å². The van der Waals surface area contributed by atoms with E-state index in [-0.39, 0.29) is 6.10 Å².